The lowest BCUT2D eigenvalue weighted by atomic mass is 9.93. The summed E-state index contributed by atoms with van der Waals surface area (Å²) in [5, 5.41) is 0. The van der Waals surface area contributed by atoms with Gasteiger partial charge >= 0.3 is 5.97 Å². The van der Waals surface area contributed by atoms with Gasteiger partial charge in [-0.2, -0.15) is 0 Å². The number of esters is 1. The summed E-state index contributed by atoms with van der Waals surface area (Å²) in [6, 6.07) is 5.94. The molecule has 17 heavy (non-hydrogen) atoms. The number of methoxy groups -OCH3 is 1. The lowest BCUT2D eigenvalue weighted by molar-refractivity contribution is -0.146. The van der Waals surface area contributed by atoms with Crippen LogP contribution in [0.5, 0.6) is 5.75 Å². The van der Waals surface area contributed by atoms with E-state index in [4.69, 9.17) is 9.47 Å². The van der Waals surface area contributed by atoms with Gasteiger partial charge in [0.2, 0.25) is 0 Å². The first-order chi connectivity index (χ1) is 8.14. The average Bonchev–Trinajstić information content (AvgIpc) is 3.10. The molecule has 0 aliphatic heterocycles. The number of aryl methyl sites for hydroxylation is 1. The third-order valence-electron chi connectivity index (χ3n) is 3.29. The van der Waals surface area contributed by atoms with Crippen molar-refractivity contribution in [2.45, 2.75) is 32.1 Å². The van der Waals surface area contributed by atoms with Gasteiger partial charge in [0, 0.05) is 5.56 Å². The van der Waals surface area contributed by atoms with Gasteiger partial charge in [-0.05, 0) is 32.8 Å². The fraction of sp³-hybridized carbons (Fsp3) is 0.500. The molecule has 92 valence electrons. The topological polar surface area (TPSA) is 35.5 Å². The molecule has 0 spiro atoms. The molecule has 0 aromatic heterocycles. The SMILES string of the molecule is CCOC(=O)C1(c2cc(C)ccc2OC)CC1. The maximum absolute atomic E-state index is 12.0. The Balaban J connectivity index is 2.39. The number of carbonyl (C=O) groups excluding carboxylic acids is 1. The molecule has 1 aliphatic rings. The zero-order valence-corrected chi connectivity index (χ0v) is 10.6. The van der Waals surface area contributed by atoms with Crippen molar-refractivity contribution in [2.24, 2.45) is 0 Å². The predicted molar refractivity (Wildman–Crippen MR) is 65.3 cm³/mol. The fourth-order valence-corrected chi connectivity index (χ4v) is 2.17. The van der Waals surface area contributed by atoms with Crippen LogP contribution in [0.3, 0.4) is 0 Å². The summed E-state index contributed by atoms with van der Waals surface area (Å²) in [6.45, 7) is 4.28. The first kappa shape index (κ1) is 12.0. The number of carbonyl (C=O) groups is 1. The van der Waals surface area contributed by atoms with Gasteiger partial charge in [0.15, 0.2) is 0 Å². The molecule has 1 aromatic rings. The molecule has 0 atom stereocenters. The van der Waals surface area contributed by atoms with Crippen LogP contribution in [-0.2, 0) is 14.9 Å². The Bertz CT molecular complexity index is 433. The molecule has 1 saturated carbocycles. The lowest BCUT2D eigenvalue weighted by Gasteiger charge is -2.18. The number of rotatable bonds is 4. The average molecular weight is 234 g/mol. The van der Waals surface area contributed by atoms with E-state index in [9.17, 15) is 4.79 Å². The van der Waals surface area contributed by atoms with E-state index >= 15 is 0 Å². The summed E-state index contributed by atoms with van der Waals surface area (Å²) in [7, 11) is 1.63. The molecule has 1 aliphatic carbocycles. The second-order valence-electron chi connectivity index (χ2n) is 4.51. The quantitative estimate of drug-likeness (QED) is 0.751. The minimum atomic E-state index is -0.451. The van der Waals surface area contributed by atoms with Crippen molar-refractivity contribution in [1.82, 2.24) is 0 Å². The highest BCUT2D eigenvalue weighted by Crippen LogP contribution is 2.52. The summed E-state index contributed by atoms with van der Waals surface area (Å²) in [6.07, 6.45) is 1.71. The third-order valence-corrected chi connectivity index (χ3v) is 3.29. The molecule has 0 unspecified atom stereocenters. The van der Waals surface area contributed by atoms with Crippen LogP contribution in [0.2, 0.25) is 0 Å². The molecular formula is C14H18O3. The largest absolute Gasteiger partial charge is 0.496 e. The Kier molecular flexibility index (Phi) is 3.09. The lowest BCUT2D eigenvalue weighted by Crippen LogP contribution is -2.24. The fourth-order valence-electron chi connectivity index (χ4n) is 2.17. The molecule has 1 aromatic carbocycles. The van der Waals surface area contributed by atoms with Crippen LogP contribution in [-0.4, -0.2) is 19.7 Å². The zero-order chi connectivity index (χ0) is 12.5. The molecule has 0 N–H and O–H groups in total. The van der Waals surface area contributed by atoms with Gasteiger partial charge in [0.05, 0.1) is 19.1 Å². The molecular weight excluding hydrogens is 216 g/mol. The molecule has 0 heterocycles. The molecule has 0 amide bonds. The van der Waals surface area contributed by atoms with Gasteiger partial charge in [-0.3, -0.25) is 4.79 Å². The Labute approximate surface area is 102 Å². The molecule has 0 saturated heterocycles. The monoisotopic (exact) mass is 234 g/mol. The van der Waals surface area contributed by atoms with Gasteiger partial charge in [-0.1, -0.05) is 17.7 Å². The summed E-state index contributed by atoms with van der Waals surface area (Å²) in [5.41, 5.74) is 1.66. The maximum Gasteiger partial charge on any atom is 0.316 e. The van der Waals surface area contributed by atoms with Gasteiger partial charge in [0.1, 0.15) is 5.75 Å². The molecule has 2 rings (SSSR count). The van der Waals surface area contributed by atoms with Crippen LogP contribution in [0.4, 0.5) is 0 Å². The predicted octanol–water partition coefficient (Wildman–Crippen LogP) is 2.60. The van der Waals surface area contributed by atoms with Gasteiger partial charge < -0.3 is 9.47 Å². The number of ether oxygens (including phenoxy) is 2. The van der Waals surface area contributed by atoms with Crippen LogP contribution < -0.4 is 4.74 Å². The highest BCUT2D eigenvalue weighted by Gasteiger charge is 2.54. The van der Waals surface area contributed by atoms with Crippen molar-refractivity contribution in [3.8, 4) is 5.75 Å². The molecule has 3 heteroatoms. The Hall–Kier alpha value is -1.51. The zero-order valence-electron chi connectivity index (χ0n) is 10.6. The van der Waals surface area contributed by atoms with Crippen LogP contribution in [0, 0.1) is 6.92 Å². The van der Waals surface area contributed by atoms with Gasteiger partial charge in [-0.25, -0.2) is 0 Å². The van der Waals surface area contributed by atoms with Crippen molar-refractivity contribution in [3.63, 3.8) is 0 Å². The van der Waals surface area contributed by atoms with E-state index in [-0.39, 0.29) is 5.97 Å². The first-order valence-electron chi connectivity index (χ1n) is 5.96. The minimum absolute atomic E-state index is 0.121. The molecule has 0 radical (unpaired) electrons. The van der Waals surface area contributed by atoms with E-state index in [0.717, 1.165) is 29.7 Å². The highest BCUT2D eigenvalue weighted by molar-refractivity contribution is 5.87. The Morgan fingerprint density at radius 3 is 2.65 bits per heavy atom. The highest BCUT2D eigenvalue weighted by atomic mass is 16.5. The molecule has 3 nitrogen and oxygen atoms in total. The standard InChI is InChI=1S/C14H18O3/c1-4-17-13(15)14(7-8-14)11-9-10(2)5-6-12(11)16-3/h5-6,9H,4,7-8H2,1-3H3. The minimum Gasteiger partial charge on any atom is -0.496 e. The summed E-state index contributed by atoms with van der Waals surface area (Å²) < 4.78 is 10.5. The van der Waals surface area contributed by atoms with E-state index < -0.39 is 5.41 Å². The summed E-state index contributed by atoms with van der Waals surface area (Å²) >= 11 is 0. The third kappa shape index (κ3) is 2.02. The smallest absolute Gasteiger partial charge is 0.316 e. The summed E-state index contributed by atoms with van der Waals surface area (Å²) in [5.74, 6) is 0.657. The number of hydrogen-bond donors (Lipinski definition) is 0. The van der Waals surface area contributed by atoms with Crippen LogP contribution in [0.1, 0.15) is 30.9 Å². The second-order valence-corrected chi connectivity index (χ2v) is 4.51. The van der Waals surface area contributed by atoms with Crippen molar-refractivity contribution < 1.29 is 14.3 Å². The molecule has 1 fully saturated rings. The molecule has 0 bridgehead atoms. The van der Waals surface area contributed by atoms with E-state index in [1.165, 1.54) is 0 Å². The van der Waals surface area contributed by atoms with E-state index in [2.05, 4.69) is 0 Å². The van der Waals surface area contributed by atoms with Crippen molar-refractivity contribution >= 4 is 5.97 Å². The van der Waals surface area contributed by atoms with E-state index in [1.807, 2.05) is 32.0 Å². The Morgan fingerprint density at radius 1 is 1.41 bits per heavy atom. The second kappa shape index (κ2) is 4.40. The van der Waals surface area contributed by atoms with Crippen LogP contribution in [0.15, 0.2) is 18.2 Å². The van der Waals surface area contributed by atoms with Crippen molar-refractivity contribution in [3.05, 3.63) is 29.3 Å². The Morgan fingerprint density at radius 2 is 2.12 bits per heavy atom. The van der Waals surface area contributed by atoms with Crippen LogP contribution in [0.25, 0.3) is 0 Å². The van der Waals surface area contributed by atoms with Crippen molar-refractivity contribution in [1.29, 1.82) is 0 Å². The van der Waals surface area contributed by atoms with E-state index in [0.29, 0.717) is 6.61 Å². The van der Waals surface area contributed by atoms with Gasteiger partial charge in [0.25, 0.3) is 0 Å². The normalized spacial score (nSPS) is 16.4. The number of hydrogen-bond acceptors (Lipinski definition) is 3. The van der Waals surface area contributed by atoms with Crippen molar-refractivity contribution in [2.75, 3.05) is 13.7 Å². The van der Waals surface area contributed by atoms with Crippen LogP contribution >= 0.6 is 0 Å². The summed E-state index contributed by atoms with van der Waals surface area (Å²) in [4.78, 5) is 12.0. The number of benzene rings is 1. The maximum atomic E-state index is 12.0. The first-order valence-corrected chi connectivity index (χ1v) is 5.96. The van der Waals surface area contributed by atoms with Gasteiger partial charge in [-0.15, -0.1) is 0 Å². The van der Waals surface area contributed by atoms with E-state index in [1.54, 1.807) is 7.11 Å².